The molecule has 0 spiro atoms. The quantitative estimate of drug-likeness (QED) is 0.271. The molecule has 9 nitrogen and oxygen atoms in total. The number of ether oxygens (including phenoxy) is 3. The molecule has 0 aliphatic rings. The minimum Gasteiger partial charge on any atom is -0.497 e. The predicted molar refractivity (Wildman–Crippen MR) is 157 cm³/mol. The van der Waals surface area contributed by atoms with Crippen LogP contribution in [0.25, 0.3) is 5.69 Å². The highest BCUT2D eigenvalue weighted by molar-refractivity contribution is 5.94. The van der Waals surface area contributed by atoms with Gasteiger partial charge in [-0.05, 0) is 72.4 Å². The fraction of sp³-hybridized carbons (Fsp3) is 0.281. The highest BCUT2D eigenvalue weighted by Crippen LogP contribution is 2.26. The number of methoxy groups -OCH3 is 3. The second-order valence-corrected chi connectivity index (χ2v) is 9.71. The van der Waals surface area contributed by atoms with E-state index in [1.54, 1.807) is 14.2 Å². The van der Waals surface area contributed by atoms with Crippen molar-refractivity contribution in [3.63, 3.8) is 0 Å². The van der Waals surface area contributed by atoms with Gasteiger partial charge in [0.1, 0.15) is 17.8 Å². The van der Waals surface area contributed by atoms with Crippen molar-refractivity contribution in [1.29, 1.82) is 0 Å². The van der Waals surface area contributed by atoms with Gasteiger partial charge < -0.3 is 24.2 Å². The van der Waals surface area contributed by atoms with E-state index in [-0.39, 0.29) is 18.0 Å². The highest BCUT2D eigenvalue weighted by atomic mass is 16.5. The van der Waals surface area contributed by atoms with E-state index in [9.17, 15) is 14.7 Å². The molecule has 4 rings (SSSR count). The van der Waals surface area contributed by atoms with Gasteiger partial charge in [-0.2, -0.15) is 0 Å². The second kappa shape index (κ2) is 13.1. The van der Waals surface area contributed by atoms with Crippen LogP contribution in [0.15, 0.2) is 71.8 Å². The van der Waals surface area contributed by atoms with Gasteiger partial charge in [0, 0.05) is 19.7 Å². The summed E-state index contributed by atoms with van der Waals surface area (Å²) in [5.74, 6) is 0.898. The first-order chi connectivity index (χ1) is 19.8. The monoisotopic (exact) mass is 557 g/mol. The number of aliphatic hydroxyl groups is 1. The Hall–Kier alpha value is -4.63. The molecular weight excluding hydrogens is 522 g/mol. The lowest BCUT2D eigenvalue weighted by molar-refractivity contribution is 0.0598. The summed E-state index contributed by atoms with van der Waals surface area (Å²) in [4.78, 5) is 33.7. The fourth-order valence-electron chi connectivity index (χ4n) is 4.93. The summed E-state index contributed by atoms with van der Waals surface area (Å²) in [7, 11) is 4.46. The van der Waals surface area contributed by atoms with Crippen molar-refractivity contribution in [2.75, 3.05) is 32.8 Å². The number of benzene rings is 3. The molecule has 0 saturated heterocycles. The van der Waals surface area contributed by atoms with Gasteiger partial charge in [-0.15, -0.1) is 0 Å². The summed E-state index contributed by atoms with van der Waals surface area (Å²) >= 11 is 0. The Bertz CT molecular complexity index is 1490. The molecule has 0 aliphatic heterocycles. The predicted octanol–water partition coefficient (Wildman–Crippen LogP) is 4.39. The number of carbonyl (C=O) groups is 1. The van der Waals surface area contributed by atoms with E-state index in [2.05, 4.69) is 4.98 Å². The maximum atomic E-state index is 14.0. The average molecular weight is 558 g/mol. The molecule has 0 unspecified atom stereocenters. The normalized spacial score (nSPS) is 10.8. The lowest BCUT2D eigenvalue weighted by Gasteiger charge is -2.26. The molecule has 1 heterocycles. The van der Waals surface area contributed by atoms with Crippen LogP contribution in [-0.4, -0.2) is 48.6 Å². The summed E-state index contributed by atoms with van der Waals surface area (Å²) in [6, 6.07) is 19.0. The molecule has 0 fully saturated rings. The molecule has 9 heteroatoms. The molecular formula is C32H35N3O6. The fourth-order valence-corrected chi connectivity index (χ4v) is 4.93. The number of esters is 1. The molecule has 0 bridgehead atoms. The van der Waals surface area contributed by atoms with Crippen molar-refractivity contribution in [3.05, 3.63) is 111 Å². The molecule has 1 N–H and O–H groups in total. The Kier molecular flexibility index (Phi) is 9.41. The van der Waals surface area contributed by atoms with Crippen LogP contribution in [0.1, 0.15) is 38.2 Å². The Labute approximate surface area is 239 Å². The Morgan fingerprint density at radius 3 is 1.80 bits per heavy atom. The average Bonchev–Trinajstić information content (AvgIpc) is 2.97. The number of aliphatic hydroxyl groups excluding tert-OH is 1. The van der Waals surface area contributed by atoms with Gasteiger partial charge in [0.15, 0.2) is 11.4 Å². The number of aromatic nitrogens is 2. The van der Waals surface area contributed by atoms with E-state index in [4.69, 9.17) is 14.2 Å². The van der Waals surface area contributed by atoms with Crippen molar-refractivity contribution in [1.82, 2.24) is 9.55 Å². The van der Waals surface area contributed by atoms with E-state index >= 15 is 0 Å². The van der Waals surface area contributed by atoms with Crippen LogP contribution in [0.5, 0.6) is 11.5 Å². The number of nitrogens with zero attached hydrogens (tertiary/aromatic N) is 3. The Morgan fingerprint density at radius 1 is 0.854 bits per heavy atom. The third-order valence-electron chi connectivity index (χ3n) is 6.90. The molecule has 0 saturated carbocycles. The first kappa shape index (κ1) is 29.4. The zero-order valence-corrected chi connectivity index (χ0v) is 24.0. The van der Waals surface area contributed by atoms with Crippen molar-refractivity contribution < 1.29 is 24.1 Å². The van der Waals surface area contributed by atoms with Gasteiger partial charge in [0.05, 0.1) is 27.0 Å². The third-order valence-corrected chi connectivity index (χ3v) is 6.90. The maximum absolute atomic E-state index is 14.0. The molecule has 41 heavy (non-hydrogen) atoms. The van der Waals surface area contributed by atoms with Gasteiger partial charge in [-0.1, -0.05) is 36.4 Å². The number of rotatable bonds is 11. The first-order valence-corrected chi connectivity index (χ1v) is 13.2. The zero-order valence-electron chi connectivity index (χ0n) is 24.0. The summed E-state index contributed by atoms with van der Waals surface area (Å²) in [5.41, 5.74) is 4.44. The van der Waals surface area contributed by atoms with Crippen molar-refractivity contribution in [3.8, 4) is 17.2 Å². The van der Waals surface area contributed by atoms with E-state index in [1.807, 2.05) is 79.4 Å². The van der Waals surface area contributed by atoms with E-state index in [0.717, 1.165) is 39.3 Å². The van der Waals surface area contributed by atoms with Gasteiger partial charge in [-0.25, -0.2) is 9.78 Å². The van der Waals surface area contributed by atoms with Gasteiger partial charge >= 0.3 is 5.97 Å². The van der Waals surface area contributed by atoms with E-state index < -0.39 is 11.5 Å². The molecule has 4 aromatic rings. The number of aryl methyl sites for hydroxylation is 2. The van der Waals surface area contributed by atoms with Crippen LogP contribution in [0.4, 0.5) is 5.82 Å². The second-order valence-electron chi connectivity index (χ2n) is 9.71. The topological polar surface area (TPSA) is 103 Å². The molecule has 0 atom stereocenters. The molecule has 0 amide bonds. The van der Waals surface area contributed by atoms with Gasteiger partial charge in [0.25, 0.3) is 5.56 Å². The Balaban J connectivity index is 1.85. The molecule has 214 valence electrons. The number of hydrogen-bond acceptors (Lipinski definition) is 8. The van der Waals surface area contributed by atoms with Crippen LogP contribution >= 0.6 is 0 Å². The minimum atomic E-state index is -0.770. The molecule has 3 aromatic carbocycles. The van der Waals surface area contributed by atoms with Crippen LogP contribution in [0.3, 0.4) is 0 Å². The highest BCUT2D eigenvalue weighted by Gasteiger charge is 2.26. The molecule has 1 aromatic heterocycles. The summed E-state index contributed by atoms with van der Waals surface area (Å²) in [6.45, 7) is 4.54. The largest absolute Gasteiger partial charge is 0.497 e. The summed E-state index contributed by atoms with van der Waals surface area (Å²) in [5, 5.41) is 9.37. The zero-order chi connectivity index (χ0) is 29.5. The molecule has 0 aliphatic carbocycles. The lowest BCUT2D eigenvalue weighted by Crippen LogP contribution is -2.33. The SMILES string of the molecule is COC(=O)c1c(N(Cc2ccc(OC)cc2)Cc2ccc(OC)cc2)ncn(-c2c(C)cc(CCO)cc2C)c1=O. The first-order valence-electron chi connectivity index (χ1n) is 13.2. The van der Waals surface area contributed by atoms with Gasteiger partial charge in [-0.3, -0.25) is 9.36 Å². The van der Waals surface area contributed by atoms with Crippen molar-refractivity contribution >= 4 is 11.8 Å². The summed E-state index contributed by atoms with van der Waals surface area (Å²) < 4.78 is 17.1. The number of carbonyl (C=O) groups excluding carboxylic acids is 1. The Morgan fingerprint density at radius 2 is 1.37 bits per heavy atom. The van der Waals surface area contributed by atoms with Crippen LogP contribution in [0.2, 0.25) is 0 Å². The molecule has 0 radical (unpaired) electrons. The smallest absolute Gasteiger partial charge is 0.347 e. The van der Waals surface area contributed by atoms with Gasteiger partial charge in [0.2, 0.25) is 0 Å². The minimum absolute atomic E-state index is 0.0269. The van der Waals surface area contributed by atoms with Crippen molar-refractivity contribution in [2.24, 2.45) is 0 Å². The van der Waals surface area contributed by atoms with E-state index in [0.29, 0.717) is 25.2 Å². The number of anilines is 1. The third kappa shape index (κ3) is 6.58. The van der Waals surface area contributed by atoms with Crippen LogP contribution < -0.4 is 19.9 Å². The number of hydrogen-bond donors (Lipinski definition) is 1. The summed E-state index contributed by atoms with van der Waals surface area (Å²) in [6.07, 6.45) is 1.97. The van der Waals surface area contributed by atoms with E-state index in [1.165, 1.54) is 18.0 Å². The van der Waals surface area contributed by atoms with Crippen LogP contribution in [0, 0.1) is 13.8 Å². The lowest BCUT2D eigenvalue weighted by atomic mass is 10.0. The standard InChI is InChI=1S/C32H35N3O6/c1-21-16-25(14-15-36)17-22(2)29(21)35-20-33-30(28(31(35)37)32(38)41-5)34(18-23-6-10-26(39-3)11-7-23)19-24-8-12-27(40-4)13-9-24/h6-13,16-17,20,36H,14-15,18-19H2,1-5H3. The maximum Gasteiger partial charge on any atom is 0.347 e. The van der Waals surface area contributed by atoms with Crippen LogP contribution in [-0.2, 0) is 24.2 Å². The van der Waals surface area contributed by atoms with Crippen molar-refractivity contribution in [2.45, 2.75) is 33.4 Å².